The smallest absolute Gasteiger partial charge is 0.279 e. The second-order valence-electron chi connectivity index (χ2n) is 2.88. The molecule has 1 aliphatic rings. The van der Waals surface area contributed by atoms with Gasteiger partial charge >= 0.3 is 0 Å². The quantitative estimate of drug-likeness (QED) is 0.701. The molecule has 1 aliphatic heterocycles. The monoisotopic (exact) mass is 173 g/mol. The molecule has 0 amide bonds. The van der Waals surface area contributed by atoms with E-state index in [0.717, 1.165) is 13.1 Å². The van der Waals surface area contributed by atoms with E-state index < -0.39 is 6.43 Å². The van der Waals surface area contributed by atoms with E-state index in [9.17, 15) is 8.78 Å². The number of imidazole rings is 1. The van der Waals surface area contributed by atoms with Gasteiger partial charge in [-0.25, -0.2) is 13.8 Å². The Morgan fingerprint density at radius 1 is 1.50 bits per heavy atom. The molecular weight excluding hydrogens is 164 g/mol. The average Bonchev–Trinajstić information content (AvgIpc) is 2.32. The van der Waals surface area contributed by atoms with E-state index in [1.54, 1.807) is 0 Å². The molecule has 12 heavy (non-hydrogen) atoms. The number of nitrogens with zero attached hydrogens (tertiary/aromatic N) is 1. The molecule has 1 fully saturated rings. The molecular formula is C7H9F2N3. The molecule has 0 bridgehead atoms. The fraction of sp³-hybridized carbons (Fsp3) is 0.571. The molecule has 5 heteroatoms. The molecule has 3 nitrogen and oxygen atoms in total. The summed E-state index contributed by atoms with van der Waals surface area (Å²) in [6, 6.07) is 0. The van der Waals surface area contributed by atoms with Gasteiger partial charge in [0.05, 0.1) is 6.20 Å². The second-order valence-corrected chi connectivity index (χ2v) is 2.88. The first-order valence-corrected chi connectivity index (χ1v) is 3.81. The van der Waals surface area contributed by atoms with Crippen LogP contribution >= 0.6 is 0 Å². The van der Waals surface area contributed by atoms with Crippen LogP contribution in [0.5, 0.6) is 0 Å². The van der Waals surface area contributed by atoms with Crippen LogP contribution in [0, 0.1) is 0 Å². The molecule has 0 atom stereocenters. The van der Waals surface area contributed by atoms with Gasteiger partial charge < -0.3 is 10.3 Å². The van der Waals surface area contributed by atoms with Gasteiger partial charge in [0.25, 0.3) is 6.43 Å². The molecule has 0 aliphatic carbocycles. The Bertz CT molecular complexity index is 267. The normalized spacial score (nSPS) is 18.2. The van der Waals surface area contributed by atoms with E-state index in [4.69, 9.17) is 0 Å². The average molecular weight is 173 g/mol. The summed E-state index contributed by atoms with van der Waals surface area (Å²) in [5.41, 5.74) is -0.0862. The van der Waals surface area contributed by atoms with Crippen molar-refractivity contribution < 1.29 is 8.78 Å². The Hall–Kier alpha value is -0.970. The third-order valence-corrected chi connectivity index (χ3v) is 2.02. The number of rotatable bonds is 2. The van der Waals surface area contributed by atoms with Crippen LogP contribution in [0.1, 0.15) is 23.9 Å². The number of hydrogen-bond acceptors (Lipinski definition) is 2. The molecule has 2 rings (SSSR count). The first-order chi connectivity index (χ1) is 5.77. The summed E-state index contributed by atoms with van der Waals surface area (Å²) in [6.45, 7) is 1.66. The molecule has 66 valence electrons. The topological polar surface area (TPSA) is 40.7 Å². The van der Waals surface area contributed by atoms with Gasteiger partial charge in [-0.15, -0.1) is 0 Å². The lowest BCUT2D eigenvalue weighted by Crippen LogP contribution is -2.40. The van der Waals surface area contributed by atoms with Crippen LogP contribution in [-0.2, 0) is 0 Å². The fourth-order valence-corrected chi connectivity index (χ4v) is 1.15. The number of aromatic amines is 1. The number of hydrogen-bond donors (Lipinski definition) is 2. The largest absolute Gasteiger partial charge is 0.341 e. The second kappa shape index (κ2) is 2.82. The van der Waals surface area contributed by atoms with Crippen molar-refractivity contribution in [2.45, 2.75) is 12.3 Å². The van der Waals surface area contributed by atoms with Crippen molar-refractivity contribution in [3.8, 4) is 0 Å². The Balaban J connectivity index is 2.12. The lowest BCUT2D eigenvalue weighted by atomic mass is 10.0. The highest BCUT2D eigenvalue weighted by atomic mass is 19.3. The molecule has 0 aromatic carbocycles. The van der Waals surface area contributed by atoms with E-state index in [-0.39, 0.29) is 11.6 Å². The van der Waals surface area contributed by atoms with Crippen molar-refractivity contribution in [2.24, 2.45) is 0 Å². The van der Waals surface area contributed by atoms with Crippen LogP contribution in [-0.4, -0.2) is 23.1 Å². The third kappa shape index (κ3) is 1.20. The van der Waals surface area contributed by atoms with Gasteiger partial charge in [-0.05, 0) is 0 Å². The van der Waals surface area contributed by atoms with Gasteiger partial charge in [-0.2, -0.15) is 0 Å². The van der Waals surface area contributed by atoms with Crippen LogP contribution in [0.4, 0.5) is 8.78 Å². The van der Waals surface area contributed by atoms with Gasteiger partial charge in [0.2, 0.25) is 0 Å². The molecule has 2 N–H and O–H groups in total. The van der Waals surface area contributed by atoms with Gasteiger partial charge in [-0.1, -0.05) is 0 Å². The number of H-pyrrole nitrogens is 1. The van der Waals surface area contributed by atoms with E-state index >= 15 is 0 Å². The van der Waals surface area contributed by atoms with Crippen molar-refractivity contribution in [2.75, 3.05) is 13.1 Å². The van der Waals surface area contributed by atoms with Crippen molar-refractivity contribution in [1.82, 2.24) is 15.3 Å². The van der Waals surface area contributed by atoms with Gasteiger partial charge in [0.15, 0.2) is 0 Å². The van der Waals surface area contributed by atoms with E-state index in [0.29, 0.717) is 5.82 Å². The number of aromatic nitrogens is 2. The SMILES string of the molecule is FC(F)c1cnc(C2CNC2)[nH]1. The summed E-state index contributed by atoms with van der Waals surface area (Å²) in [6.07, 6.45) is -1.24. The predicted molar refractivity (Wildman–Crippen MR) is 39.2 cm³/mol. The minimum Gasteiger partial charge on any atom is -0.341 e. The van der Waals surface area contributed by atoms with E-state index in [1.165, 1.54) is 6.20 Å². The van der Waals surface area contributed by atoms with Crippen molar-refractivity contribution >= 4 is 0 Å². The van der Waals surface area contributed by atoms with Gasteiger partial charge in [0, 0.05) is 19.0 Å². The zero-order chi connectivity index (χ0) is 8.55. The molecule has 1 aromatic heterocycles. The van der Waals surface area contributed by atoms with Gasteiger partial charge in [-0.3, -0.25) is 0 Å². The minimum absolute atomic E-state index is 0.0862. The highest BCUT2D eigenvalue weighted by Crippen LogP contribution is 2.21. The molecule has 1 saturated heterocycles. The summed E-state index contributed by atoms with van der Waals surface area (Å²) < 4.78 is 24.2. The van der Waals surface area contributed by atoms with Crippen molar-refractivity contribution in [3.05, 3.63) is 17.7 Å². The minimum atomic E-state index is -2.45. The molecule has 0 radical (unpaired) electrons. The number of halogens is 2. The maximum absolute atomic E-state index is 12.1. The summed E-state index contributed by atoms with van der Waals surface area (Å²) >= 11 is 0. The first-order valence-electron chi connectivity index (χ1n) is 3.81. The standard InChI is InChI=1S/C7H9F2N3/c8-6(9)5-3-11-7(12-5)4-1-10-2-4/h3-4,6,10H,1-2H2,(H,11,12). The summed E-state index contributed by atoms with van der Waals surface area (Å²) in [5.74, 6) is 0.960. The molecule has 2 heterocycles. The zero-order valence-corrected chi connectivity index (χ0v) is 6.35. The van der Waals surface area contributed by atoms with Crippen molar-refractivity contribution in [1.29, 1.82) is 0 Å². The lowest BCUT2D eigenvalue weighted by molar-refractivity contribution is 0.146. The lowest BCUT2D eigenvalue weighted by Gasteiger charge is -2.24. The van der Waals surface area contributed by atoms with Crippen molar-refractivity contribution in [3.63, 3.8) is 0 Å². The highest BCUT2D eigenvalue weighted by molar-refractivity contribution is 5.10. The van der Waals surface area contributed by atoms with Crippen LogP contribution in [0.15, 0.2) is 6.20 Å². The number of alkyl halides is 2. The van der Waals surface area contributed by atoms with Gasteiger partial charge in [0.1, 0.15) is 11.5 Å². The zero-order valence-electron chi connectivity index (χ0n) is 6.35. The first kappa shape index (κ1) is 7.67. The molecule has 0 saturated carbocycles. The Morgan fingerprint density at radius 3 is 2.67 bits per heavy atom. The third-order valence-electron chi connectivity index (χ3n) is 2.02. The maximum atomic E-state index is 12.1. The Morgan fingerprint density at radius 2 is 2.25 bits per heavy atom. The highest BCUT2D eigenvalue weighted by Gasteiger charge is 2.22. The summed E-state index contributed by atoms with van der Waals surface area (Å²) in [4.78, 5) is 6.50. The van der Waals surface area contributed by atoms with E-state index in [1.807, 2.05) is 0 Å². The molecule has 1 aromatic rings. The Kier molecular flexibility index (Phi) is 1.80. The number of nitrogens with one attached hydrogen (secondary N) is 2. The Labute approximate surface area is 68.2 Å². The van der Waals surface area contributed by atoms with Crippen LogP contribution in [0.2, 0.25) is 0 Å². The summed E-state index contributed by atoms with van der Waals surface area (Å²) in [5, 5.41) is 3.05. The molecule has 0 unspecified atom stereocenters. The van der Waals surface area contributed by atoms with Crippen LogP contribution < -0.4 is 5.32 Å². The van der Waals surface area contributed by atoms with E-state index in [2.05, 4.69) is 15.3 Å². The maximum Gasteiger partial charge on any atom is 0.279 e. The summed E-state index contributed by atoms with van der Waals surface area (Å²) in [7, 11) is 0. The molecule has 0 spiro atoms. The van der Waals surface area contributed by atoms with Crippen LogP contribution in [0.25, 0.3) is 0 Å². The fourth-order valence-electron chi connectivity index (χ4n) is 1.15. The van der Waals surface area contributed by atoms with Crippen LogP contribution in [0.3, 0.4) is 0 Å². The predicted octanol–water partition coefficient (Wildman–Crippen LogP) is 1.03.